The van der Waals surface area contributed by atoms with Gasteiger partial charge in [-0.25, -0.2) is 19.1 Å². The molecule has 0 bridgehead atoms. The van der Waals surface area contributed by atoms with Crippen LogP contribution in [0.15, 0.2) is 48.7 Å². The number of hydrogen-bond donors (Lipinski definition) is 1. The van der Waals surface area contributed by atoms with Crippen molar-refractivity contribution in [3.05, 3.63) is 59.9 Å². The van der Waals surface area contributed by atoms with Crippen molar-refractivity contribution in [1.29, 1.82) is 0 Å². The number of para-hydroxylation sites is 1. The van der Waals surface area contributed by atoms with Crippen molar-refractivity contribution in [2.24, 2.45) is 0 Å². The molecule has 1 aliphatic heterocycles. The SMILES string of the molecule is CC[n+]1ccccc1CNC(=O)OCCCOC(=O)N(CC1(OC)CCCO1)C(=O)c1ccccc1OC.[Cl-]. The van der Waals surface area contributed by atoms with Crippen molar-refractivity contribution in [1.82, 2.24) is 10.2 Å². The molecule has 1 aromatic carbocycles. The molecule has 0 aliphatic carbocycles. The summed E-state index contributed by atoms with van der Waals surface area (Å²) in [5, 5.41) is 2.70. The highest BCUT2D eigenvalue weighted by molar-refractivity contribution is 6.04. The molecule has 0 saturated carbocycles. The van der Waals surface area contributed by atoms with Gasteiger partial charge in [-0.1, -0.05) is 18.2 Å². The third kappa shape index (κ3) is 8.81. The Hall–Kier alpha value is -3.41. The molecule has 1 aliphatic rings. The zero-order valence-corrected chi connectivity index (χ0v) is 23.3. The molecule has 12 heteroatoms. The summed E-state index contributed by atoms with van der Waals surface area (Å²) in [6.07, 6.45) is 2.02. The van der Waals surface area contributed by atoms with E-state index < -0.39 is 23.9 Å². The molecule has 1 saturated heterocycles. The number of alkyl carbamates (subject to hydrolysis) is 1. The Morgan fingerprint density at radius 1 is 1.08 bits per heavy atom. The quantitative estimate of drug-likeness (QED) is 0.284. The smallest absolute Gasteiger partial charge is 0.416 e. The number of benzene rings is 1. The number of imide groups is 1. The molecule has 2 aromatic rings. The van der Waals surface area contributed by atoms with Crippen molar-refractivity contribution in [3.63, 3.8) is 0 Å². The van der Waals surface area contributed by atoms with Gasteiger partial charge in [0.15, 0.2) is 12.0 Å². The zero-order valence-electron chi connectivity index (χ0n) is 22.5. The summed E-state index contributed by atoms with van der Waals surface area (Å²) in [7, 11) is 2.92. The first kappa shape index (κ1) is 31.8. The van der Waals surface area contributed by atoms with Gasteiger partial charge in [0.1, 0.15) is 18.8 Å². The first-order valence-corrected chi connectivity index (χ1v) is 12.6. The minimum atomic E-state index is -1.10. The molecule has 3 rings (SSSR count). The molecule has 1 N–H and O–H groups in total. The van der Waals surface area contributed by atoms with Crippen molar-refractivity contribution >= 4 is 18.1 Å². The number of halogens is 1. The summed E-state index contributed by atoms with van der Waals surface area (Å²) in [4.78, 5) is 39.4. The molecule has 3 amide bonds. The maximum atomic E-state index is 13.4. The van der Waals surface area contributed by atoms with Crippen LogP contribution in [-0.4, -0.2) is 69.4 Å². The monoisotopic (exact) mass is 565 g/mol. The summed E-state index contributed by atoms with van der Waals surface area (Å²) < 4.78 is 29.1. The van der Waals surface area contributed by atoms with Crippen LogP contribution in [-0.2, 0) is 32.0 Å². The second kappa shape index (κ2) is 15.9. The minimum absolute atomic E-state index is 0. The minimum Gasteiger partial charge on any atom is -1.00 e. The first-order chi connectivity index (χ1) is 18.4. The number of carbonyl (C=O) groups is 3. The average molecular weight is 566 g/mol. The van der Waals surface area contributed by atoms with Crippen LogP contribution in [0.2, 0.25) is 0 Å². The molecule has 214 valence electrons. The molecule has 1 atom stereocenters. The molecule has 0 radical (unpaired) electrons. The van der Waals surface area contributed by atoms with Crippen LogP contribution in [0.25, 0.3) is 0 Å². The number of hydrogen-bond acceptors (Lipinski definition) is 8. The Morgan fingerprint density at radius 3 is 2.51 bits per heavy atom. The second-order valence-electron chi connectivity index (χ2n) is 8.59. The van der Waals surface area contributed by atoms with Gasteiger partial charge in [0.2, 0.25) is 5.69 Å². The molecular weight excluding hydrogens is 530 g/mol. The van der Waals surface area contributed by atoms with E-state index in [2.05, 4.69) is 5.32 Å². The van der Waals surface area contributed by atoms with Gasteiger partial charge in [0.05, 0.1) is 39.0 Å². The van der Waals surface area contributed by atoms with E-state index in [4.69, 9.17) is 23.7 Å². The normalized spacial score (nSPS) is 16.1. The predicted octanol–water partition coefficient (Wildman–Crippen LogP) is 0.0550. The lowest BCUT2D eigenvalue weighted by Gasteiger charge is -2.32. The van der Waals surface area contributed by atoms with E-state index in [9.17, 15) is 14.4 Å². The van der Waals surface area contributed by atoms with Gasteiger partial charge in [-0.2, -0.15) is 0 Å². The lowest BCUT2D eigenvalue weighted by Crippen LogP contribution is -3.00. The standard InChI is InChI=1S/C27H35N3O8.ClH/c1-4-29-15-8-7-11-21(29)19-28-25(32)36-16-10-17-37-26(33)30(20-27(35-3)14-9-18-38-27)24(31)22-12-5-6-13-23(22)34-2;/h5-8,11-13,15H,4,9-10,14,16-20H2,1-3H3;1H. The van der Waals surface area contributed by atoms with Crippen molar-refractivity contribution in [3.8, 4) is 5.75 Å². The Labute approximate surface area is 234 Å². The van der Waals surface area contributed by atoms with Gasteiger partial charge in [-0.15, -0.1) is 0 Å². The van der Waals surface area contributed by atoms with Crippen LogP contribution in [0, 0.1) is 0 Å². The highest BCUT2D eigenvalue weighted by atomic mass is 35.5. The number of aryl methyl sites for hydroxylation is 1. The summed E-state index contributed by atoms with van der Waals surface area (Å²) in [6.45, 7) is 3.42. The Morgan fingerprint density at radius 2 is 1.82 bits per heavy atom. The number of aromatic nitrogens is 1. The number of rotatable bonds is 12. The molecular formula is C27H36ClN3O8. The molecule has 0 spiro atoms. The molecule has 1 unspecified atom stereocenters. The molecule has 39 heavy (non-hydrogen) atoms. The van der Waals surface area contributed by atoms with E-state index in [0.717, 1.165) is 23.6 Å². The molecule has 1 aromatic heterocycles. The topological polar surface area (TPSA) is 117 Å². The maximum absolute atomic E-state index is 13.4. The Bertz CT molecular complexity index is 1090. The van der Waals surface area contributed by atoms with Gasteiger partial charge in [0.25, 0.3) is 5.91 Å². The number of carbonyl (C=O) groups excluding carboxylic acids is 3. The second-order valence-corrected chi connectivity index (χ2v) is 8.59. The fraction of sp³-hybridized carbons (Fsp3) is 0.481. The van der Waals surface area contributed by atoms with Crippen molar-refractivity contribution in [2.45, 2.75) is 45.1 Å². The summed E-state index contributed by atoms with van der Waals surface area (Å²) in [6, 6.07) is 12.4. The molecule has 11 nitrogen and oxygen atoms in total. The number of ether oxygens (including phenoxy) is 5. The fourth-order valence-electron chi connectivity index (χ4n) is 4.10. The van der Waals surface area contributed by atoms with Crippen LogP contribution in [0.5, 0.6) is 5.75 Å². The Balaban J connectivity index is 0.00000533. The average Bonchev–Trinajstić information content (AvgIpc) is 3.43. The number of methoxy groups -OCH3 is 2. The first-order valence-electron chi connectivity index (χ1n) is 12.6. The predicted molar refractivity (Wildman–Crippen MR) is 135 cm³/mol. The summed E-state index contributed by atoms with van der Waals surface area (Å²) in [5.41, 5.74) is 1.15. The van der Waals surface area contributed by atoms with E-state index in [0.29, 0.717) is 25.3 Å². The number of nitrogens with one attached hydrogen (secondary N) is 1. The van der Waals surface area contributed by atoms with Crippen LogP contribution < -0.4 is 27.0 Å². The number of amides is 3. The van der Waals surface area contributed by atoms with Crippen LogP contribution in [0.1, 0.15) is 42.2 Å². The highest BCUT2D eigenvalue weighted by Crippen LogP contribution is 2.29. The number of nitrogens with zero attached hydrogens (tertiary/aromatic N) is 2. The summed E-state index contributed by atoms with van der Waals surface area (Å²) >= 11 is 0. The van der Waals surface area contributed by atoms with Crippen LogP contribution in [0.3, 0.4) is 0 Å². The van der Waals surface area contributed by atoms with Crippen LogP contribution in [0.4, 0.5) is 9.59 Å². The van der Waals surface area contributed by atoms with Gasteiger partial charge in [-0.05, 0) is 25.5 Å². The third-order valence-electron chi connectivity index (χ3n) is 6.18. The number of pyridine rings is 1. The van der Waals surface area contributed by atoms with Gasteiger partial charge < -0.3 is 41.4 Å². The van der Waals surface area contributed by atoms with Gasteiger partial charge in [-0.3, -0.25) is 4.79 Å². The molecule has 2 heterocycles. The van der Waals surface area contributed by atoms with E-state index in [1.807, 2.05) is 35.9 Å². The van der Waals surface area contributed by atoms with E-state index in [-0.39, 0.29) is 44.1 Å². The van der Waals surface area contributed by atoms with E-state index in [1.54, 1.807) is 24.3 Å². The van der Waals surface area contributed by atoms with Crippen molar-refractivity contribution < 1.29 is 55.0 Å². The summed E-state index contributed by atoms with van der Waals surface area (Å²) in [5.74, 6) is -1.37. The van der Waals surface area contributed by atoms with Gasteiger partial charge in [0, 0.05) is 32.1 Å². The van der Waals surface area contributed by atoms with E-state index in [1.165, 1.54) is 14.2 Å². The van der Waals surface area contributed by atoms with E-state index >= 15 is 0 Å². The van der Waals surface area contributed by atoms with Crippen LogP contribution >= 0.6 is 0 Å². The molecule has 1 fully saturated rings. The third-order valence-corrected chi connectivity index (χ3v) is 6.18. The lowest BCUT2D eigenvalue weighted by molar-refractivity contribution is -0.701. The van der Waals surface area contributed by atoms with Crippen molar-refractivity contribution in [2.75, 3.05) is 40.6 Å². The fourth-order valence-corrected chi connectivity index (χ4v) is 4.10. The Kier molecular flexibility index (Phi) is 12.9. The highest BCUT2D eigenvalue weighted by Gasteiger charge is 2.41. The zero-order chi connectivity index (χ0) is 27.4. The maximum Gasteiger partial charge on any atom is 0.416 e. The largest absolute Gasteiger partial charge is 1.00 e. The van der Waals surface area contributed by atoms with Gasteiger partial charge >= 0.3 is 12.2 Å². The lowest BCUT2D eigenvalue weighted by atomic mass is 10.1.